The highest BCUT2D eigenvalue weighted by molar-refractivity contribution is 5.81. The molecule has 0 aliphatic rings. The van der Waals surface area contributed by atoms with Gasteiger partial charge in [0.05, 0.1) is 12.6 Å². The predicted molar refractivity (Wildman–Crippen MR) is 51.1 cm³/mol. The van der Waals surface area contributed by atoms with E-state index in [1.165, 1.54) is 6.26 Å². The van der Waals surface area contributed by atoms with Crippen molar-refractivity contribution in [1.29, 1.82) is 0 Å². The molecule has 0 aliphatic carbocycles. The molecule has 1 unspecified atom stereocenters. The molecule has 0 bridgehead atoms. The van der Waals surface area contributed by atoms with Crippen LogP contribution in [-0.4, -0.2) is 17.1 Å². The number of hydrogen-bond acceptors (Lipinski definition) is 4. The van der Waals surface area contributed by atoms with Crippen LogP contribution in [0.25, 0.3) is 0 Å². The van der Waals surface area contributed by atoms with Gasteiger partial charge in [-0.1, -0.05) is 11.2 Å². The van der Waals surface area contributed by atoms with E-state index in [1.807, 2.05) is 0 Å². The number of carbonyl (C=O) groups excluding carboxylic acids is 1. The lowest BCUT2D eigenvalue weighted by Gasteiger charge is -2.08. The van der Waals surface area contributed by atoms with Crippen molar-refractivity contribution in [3.63, 3.8) is 0 Å². The number of hydrogen-bond donors (Lipinski definition) is 2. The van der Waals surface area contributed by atoms with E-state index in [-0.39, 0.29) is 5.91 Å². The Hall–Kier alpha value is -1.62. The quantitative estimate of drug-likeness (QED) is 0.657. The third-order valence-electron chi connectivity index (χ3n) is 1.69. The maximum atomic E-state index is 11.3. The Balaban J connectivity index is 2.31. The number of nitrogens with one attached hydrogen (secondary N) is 1. The van der Waals surface area contributed by atoms with Crippen molar-refractivity contribution < 1.29 is 9.32 Å². The summed E-state index contributed by atoms with van der Waals surface area (Å²) in [4.78, 5) is 11.3. The zero-order valence-corrected chi connectivity index (χ0v) is 7.77. The highest BCUT2D eigenvalue weighted by Crippen LogP contribution is 1.94. The molecule has 5 heteroatoms. The SMILES string of the molecule is C=CCC(N)C(=O)NCc1ccon1. The van der Waals surface area contributed by atoms with Gasteiger partial charge in [0.15, 0.2) is 0 Å². The fraction of sp³-hybridized carbons (Fsp3) is 0.333. The van der Waals surface area contributed by atoms with Crippen LogP contribution in [0.15, 0.2) is 29.5 Å². The summed E-state index contributed by atoms with van der Waals surface area (Å²) in [6, 6.07) is 1.14. The average Bonchev–Trinajstić information content (AvgIpc) is 2.67. The van der Waals surface area contributed by atoms with E-state index >= 15 is 0 Å². The van der Waals surface area contributed by atoms with Gasteiger partial charge in [0.25, 0.3) is 0 Å². The molecule has 5 nitrogen and oxygen atoms in total. The minimum absolute atomic E-state index is 0.215. The van der Waals surface area contributed by atoms with Crippen molar-refractivity contribution in [2.75, 3.05) is 0 Å². The summed E-state index contributed by atoms with van der Waals surface area (Å²) < 4.78 is 4.61. The van der Waals surface area contributed by atoms with Crippen LogP contribution < -0.4 is 11.1 Å². The van der Waals surface area contributed by atoms with E-state index in [2.05, 4.69) is 21.6 Å². The van der Waals surface area contributed by atoms with Gasteiger partial charge in [-0.05, 0) is 6.42 Å². The number of rotatable bonds is 5. The minimum atomic E-state index is -0.542. The fourth-order valence-corrected chi connectivity index (χ4v) is 0.924. The lowest BCUT2D eigenvalue weighted by molar-refractivity contribution is -0.122. The molecule has 0 fully saturated rings. The van der Waals surface area contributed by atoms with Crippen molar-refractivity contribution >= 4 is 5.91 Å². The molecular weight excluding hydrogens is 182 g/mol. The molecule has 14 heavy (non-hydrogen) atoms. The van der Waals surface area contributed by atoms with Crippen molar-refractivity contribution in [2.45, 2.75) is 19.0 Å². The lowest BCUT2D eigenvalue weighted by atomic mass is 10.2. The Morgan fingerprint density at radius 3 is 3.21 bits per heavy atom. The Kier molecular flexibility index (Phi) is 3.87. The van der Waals surface area contributed by atoms with Gasteiger partial charge in [-0.15, -0.1) is 6.58 Å². The highest BCUT2D eigenvalue weighted by Gasteiger charge is 2.10. The summed E-state index contributed by atoms with van der Waals surface area (Å²) in [7, 11) is 0. The van der Waals surface area contributed by atoms with Gasteiger partial charge in [0.2, 0.25) is 5.91 Å². The molecule has 1 heterocycles. The van der Waals surface area contributed by atoms with Crippen LogP contribution >= 0.6 is 0 Å². The standard InChI is InChI=1S/C9H13N3O2/c1-2-3-8(10)9(13)11-6-7-4-5-14-12-7/h2,4-5,8H,1,3,6,10H2,(H,11,13). The lowest BCUT2D eigenvalue weighted by Crippen LogP contribution is -2.39. The number of aromatic nitrogens is 1. The Bertz CT molecular complexity index is 295. The van der Waals surface area contributed by atoms with Gasteiger partial charge >= 0.3 is 0 Å². The molecule has 0 aromatic carbocycles. The summed E-state index contributed by atoms with van der Waals surface area (Å²) in [6.45, 7) is 3.84. The second-order valence-corrected chi connectivity index (χ2v) is 2.84. The van der Waals surface area contributed by atoms with Gasteiger partial charge in [0, 0.05) is 6.07 Å². The van der Waals surface area contributed by atoms with Crippen molar-refractivity contribution in [3.05, 3.63) is 30.7 Å². The first-order chi connectivity index (χ1) is 6.74. The van der Waals surface area contributed by atoms with Crippen LogP contribution in [0.5, 0.6) is 0 Å². The van der Waals surface area contributed by atoms with E-state index in [4.69, 9.17) is 5.73 Å². The van der Waals surface area contributed by atoms with E-state index in [9.17, 15) is 4.79 Å². The predicted octanol–water partition coefficient (Wildman–Crippen LogP) is 0.194. The Morgan fingerprint density at radius 1 is 1.86 bits per heavy atom. The van der Waals surface area contributed by atoms with Gasteiger partial charge < -0.3 is 15.6 Å². The molecule has 0 radical (unpaired) electrons. The van der Waals surface area contributed by atoms with E-state index < -0.39 is 6.04 Å². The molecule has 1 aromatic rings. The third kappa shape index (κ3) is 3.02. The number of amides is 1. The van der Waals surface area contributed by atoms with Crippen molar-refractivity contribution in [2.24, 2.45) is 5.73 Å². The first-order valence-corrected chi connectivity index (χ1v) is 4.27. The topological polar surface area (TPSA) is 81.2 Å². The third-order valence-corrected chi connectivity index (χ3v) is 1.69. The first kappa shape index (κ1) is 10.5. The second-order valence-electron chi connectivity index (χ2n) is 2.84. The van der Waals surface area contributed by atoms with Crippen molar-refractivity contribution in [1.82, 2.24) is 10.5 Å². The minimum Gasteiger partial charge on any atom is -0.364 e. The van der Waals surface area contributed by atoms with E-state index in [0.717, 1.165) is 0 Å². The van der Waals surface area contributed by atoms with Crippen LogP contribution in [-0.2, 0) is 11.3 Å². The normalized spacial score (nSPS) is 12.1. The zero-order valence-electron chi connectivity index (χ0n) is 7.77. The van der Waals surface area contributed by atoms with Gasteiger partial charge in [0.1, 0.15) is 12.0 Å². The molecule has 1 aromatic heterocycles. The zero-order chi connectivity index (χ0) is 10.4. The summed E-state index contributed by atoms with van der Waals surface area (Å²) in [5.74, 6) is -0.215. The molecule has 0 saturated carbocycles. The summed E-state index contributed by atoms with van der Waals surface area (Å²) in [5, 5.41) is 6.28. The molecule has 0 aliphatic heterocycles. The fourth-order valence-electron chi connectivity index (χ4n) is 0.924. The van der Waals surface area contributed by atoms with Crippen LogP contribution in [0, 0.1) is 0 Å². The van der Waals surface area contributed by atoms with Crippen LogP contribution in [0.3, 0.4) is 0 Å². The molecule has 0 spiro atoms. The van der Waals surface area contributed by atoms with Crippen LogP contribution in [0.2, 0.25) is 0 Å². The van der Waals surface area contributed by atoms with E-state index in [0.29, 0.717) is 18.7 Å². The van der Waals surface area contributed by atoms with E-state index in [1.54, 1.807) is 12.1 Å². The van der Waals surface area contributed by atoms with Crippen LogP contribution in [0.1, 0.15) is 12.1 Å². The smallest absolute Gasteiger partial charge is 0.237 e. The summed E-state index contributed by atoms with van der Waals surface area (Å²) >= 11 is 0. The summed E-state index contributed by atoms with van der Waals surface area (Å²) in [6.07, 6.45) is 3.52. The number of carbonyl (C=O) groups is 1. The van der Waals surface area contributed by atoms with Crippen LogP contribution in [0.4, 0.5) is 0 Å². The molecule has 1 amide bonds. The monoisotopic (exact) mass is 195 g/mol. The average molecular weight is 195 g/mol. The molecular formula is C9H13N3O2. The first-order valence-electron chi connectivity index (χ1n) is 4.27. The Morgan fingerprint density at radius 2 is 2.64 bits per heavy atom. The maximum Gasteiger partial charge on any atom is 0.237 e. The molecule has 76 valence electrons. The number of nitrogens with two attached hydrogens (primary N) is 1. The van der Waals surface area contributed by atoms with Gasteiger partial charge in [-0.25, -0.2) is 0 Å². The maximum absolute atomic E-state index is 11.3. The largest absolute Gasteiger partial charge is 0.364 e. The molecule has 1 atom stereocenters. The molecule has 3 N–H and O–H groups in total. The van der Waals surface area contributed by atoms with Gasteiger partial charge in [-0.3, -0.25) is 4.79 Å². The second kappa shape index (κ2) is 5.18. The number of nitrogens with zero attached hydrogens (tertiary/aromatic N) is 1. The van der Waals surface area contributed by atoms with Crippen molar-refractivity contribution in [3.8, 4) is 0 Å². The van der Waals surface area contributed by atoms with Gasteiger partial charge in [-0.2, -0.15) is 0 Å². The Labute approximate surface area is 81.9 Å². The summed E-state index contributed by atoms with van der Waals surface area (Å²) in [5.41, 5.74) is 6.21. The highest BCUT2D eigenvalue weighted by atomic mass is 16.5. The molecule has 1 rings (SSSR count). The molecule has 0 saturated heterocycles.